The average Bonchev–Trinajstić information content (AvgIpc) is 1.62. The monoisotopic (exact) mass is 1960 g/mol. The van der Waals surface area contributed by atoms with Gasteiger partial charge in [0.1, 0.15) is 42.4 Å². The summed E-state index contributed by atoms with van der Waals surface area (Å²) in [5, 5.41) is 2.83. The third kappa shape index (κ3) is 24.6. The summed E-state index contributed by atoms with van der Waals surface area (Å²) >= 11 is 0. The van der Waals surface area contributed by atoms with Crippen LogP contribution in [0.1, 0.15) is 456 Å². The maximum absolute atomic E-state index is 12.4. The van der Waals surface area contributed by atoms with Gasteiger partial charge in [0.15, 0.2) is 11.4 Å². The maximum atomic E-state index is 12.4. The van der Waals surface area contributed by atoms with E-state index in [1.54, 1.807) is 5.57 Å². The maximum Gasteiger partial charge on any atom is 0.510 e. The highest BCUT2D eigenvalue weighted by Gasteiger charge is 2.66. The molecule has 1 amide bonds. The third-order valence-electron chi connectivity index (χ3n) is 45.2. The first-order valence-corrected chi connectivity index (χ1v) is 59.9. The summed E-state index contributed by atoms with van der Waals surface area (Å²) in [6, 6.07) is 7.83. The van der Waals surface area contributed by atoms with Crippen molar-refractivity contribution in [2.45, 2.75) is 504 Å². The molecule has 14 nitrogen and oxygen atoms in total. The summed E-state index contributed by atoms with van der Waals surface area (Å²) in [5.74, 6) is 24.0. The zero-order valence-corrected chi connectivity index (χ0v) is 94.6. The number of hydrogen-bond donors (Lipinski definition) is 1. The molecule has 1 N–H and O–H groups in total. The standard InChI is InChI=1S/C38H61NO3.C33H54O3.C32H56O3.C25H34O4/c1-8-27(5)41-36(40)39-29-13-15-30(16-14-29)42-31-20-22-37(6)28(24-31)12-17-32-34-19-18-33(26(4)11-9-10-25(2)3)38(34,7)23-21-35(32)37;1-9-24(6)35-31(34)36-26-16-18-32(7)25(20-26)12-13-27-29-15-14-28(33(29,8)19-17-30(27)32)23(5)11-10-22(4)21(2)3;1-8-23(5)34-30(33)35-25-16-18-31(6)24(20-25)12-13-26-28-15-14-27(22(4)11-9-10-21(2)3)32(28,7)19-17-29(26)31;1-5-16(3)28-23(27)29-25(6-2)14-22-21-9-7-17-13-18(26)8-10-19(17)20(21)11-12-24(22,4)15-25/h13-16,25-28,31-35H,8-12,17-24H2,1-7H3,(H,39,40);10-12,21-24,26-30H,9,13-20H2,1-8H3;21-29H,8-20H2,1-7H3;2,13,16,19-22H,5,7-12,14-15H2,1,3-4H3. The smallest absolute Gasteiger partial charge is 0.490 e. The number of terminal acetylenes is 1. The molecule has 37 unspecified atom stereocenters. The van der Waals surface area contributed by atoms with Gasteiger partial charge in [-0.05, 0) is 462 Å². The van der Waals surface area contributed by atoms with Crippen LogP contribution in [-0.2, 0) is 38.0 Å². The lowest BCUT2D eigenvalue weighted by Crippen LogP contribution is -2.54. The second-order valence-electron chi connectivity index (χ2n) is 54.4. The minimum absolute atomic E-state index is 0.0250. The first-order chi connectivity index (χ1) is 67.4. The van der Waals surface area contributed by atoms with E-state index in [0.29, 0.717) is 92.7 Å². The Hall–Kier alpha value is -5.45. The van der Waals surface area contributed by atoms with Gasteiger partial charge in [0.05, 0.1) is 6.10 Å². The first-order valence-electron chi connectivity index (χ1n) is 59.9. The summed E-state index contributed by atoms with van der Waals surface area (Å²) in [7, 11) is 0. The minimum atomic E-state index is -0.850. The van der Waals surface area contributed by atoms with E-state index in [1.165, 1.54) is 179 Å². The number of amides is 1. The highest BCUT2D eigenvalue weighted by atomic mass is 16.7. The fraction of sp³-hybridized carbons (Fsp3) is 0.852. The summed E-state index contributed by atoms with van der Waals surface area (Å²) < 4.78 is 45.5. The van der Waals surface area contributed by atoms with E-state index < -0.39 is 30.2 Å². The molecule has 0 radical (unpaired) electrons. The van der Waals surface area contributed by atoms with Gasteiger partial charge in [-0.2, -0.15) is 0 Å². The van der Waals surface area contributed by atoms with E-state index in [9.17, 15) is 24.0 Å². The molecule has 0 aliphatic heterocycles. The summed E-state index contributed by atoms with van der Waals surface area (Å²) in [6.07, 6.45) is 66.8. The fourth-order valence-electron chi connectivity index (χ4n) is 36.0. The number of carbonyl (C=O) groups is 5. The van der Waals surface area contributed by atoms with Gasteiger partial charge in [-0.25, -0.2) is 19.2 Å². The zero-order chi connectivity index (χ0) is 103. The van der Waals surface area contributed by atoms with Crippen LogP contribution in [0.3, 0.4) is 0 Å². The van der Waals surface area contributed by atoms with Crippen molar-refractivity contribution in [1.29, 1.82) is 0 Å². The van der Waals surface area contributed by atoms with Crippen molar-refractivity contribution in [1.82, 2.24) is 0 Å². The molecule has 142 heavy (non-hydrogen) atoms. The second-order valence-corrected chi connectivity index (χ2v) is 54.4. The van der Waals surface area contributed by atoms with Gasteiger partial charge in [0, 0.05) is 31.4 Å². The Morgan fingerprint density at radius 1 is 0.458 bits per heavy atom. The van der Waals surface area contributed by atoms with Gasteiger partial charge in [-0.3, -0.25) is 10.1 Å². The van der Waals surface area contributed by atoms with Crippen LogP contribution in [0.2, 0.25) is 0 Å². The molecular weight excluding hydrogens is 1760 g/mol. The Kier molecular flexibility index (Phi) is 37.4. The average molecular weight is 1970 g/mol. The quantitative estimate of drug-likeness (QED) is 0.0364. The lowest BCUT2D eigenvalue weighted by Gasteiger charge is -2.61. The molecule has 0 bridgehead atoms. The van der Waals surface area contributed by atoms with Crippen LogP contribution < -0.4 is 10.1 Å². The molecular formula is C128H205NO13. The van der Waals surface area contributed by atoms with Gasteiger partial charge in [0.2, 0.25) is 0 Å². The van der Waals surface area contributed by atoms with Crippen LogP contribution in [-0.4, -0.2) is 78.7 Å². The van der Waals surface area contributed by atoms with Crippen molar-refractivity contribution >= 4 is 36.0 Å². The molecule has 0 heterocycles. The summed E-state index contributed by atoms with van der Waals surface area (Å²) in [5.41, 5.74) is 5.78. The molecule has 0 saturated heterocycles. The highest BCUT2D eigenvalue weighted by molar-refractivity contribution is 5.91. The highest BCUT2D eigenvalue weighted by Crippen LogP contribution is 2.73. The predicted octanol–water partition coefficient (Wildman–Crippen LogP) is 35.2. The van der Waals surface area contributed by atoms with Gasteiger partial charge in [0.25, 0.3) is 0 Å². The Labute approximate surface area is 865 Å². The van der Waals surface area contributed by atoms with Crippen molar-refractivity contribution in [2.24, 2.45) is 186 Å². The van der Waals surface area contributed by atoms with Crippen molar-refractivity contribution in [3.05, 3.63) is 59.7 Å². The number of carbonyl (C=O) groups excluding carboxylic acids is 5. The van der Waals surface area contributed by atoms with Gasteiger partial charge >= 0.3 is 24.6 Å². The Morgan fingerprint density at radius 3 is 1.49 bits per heavy atom. The lowest BCUT2D eigenvalue weighted by atomic mass is 9.44. The molecule has 16 aliphatic rings. The predicted molar refractivity (Wildman–Crippen MR) is 578 cm³/mol. The van der Waals surface area contributed by atoms with E-state index in [0.717, 1.165) is 215 Å². The number of ketones is 1. The van der Waals surface area contributed by atoms with Crippen LogP contribution in [0.25, 0.3) is 0 Å². The molecule has 14 heteroatoms. The second kappa shape index (κ2) is 47.4. The van der Waals surface area contributed by atoms with Gasteiger partial charge in [-0.15, -0.1) is 6.42 Å². The van der Waals surface area contributed by atoms with E-state index in [-0.39, 0.29) is 47.5 Å². The number of allylic oxidation sites excluding steroid dienone is 4. The Morgan fingerprint density at radius 2 is 0.944 bits per heavy atom. The number of rotatable bonds is 28. The SMILES string of the molecule is C#CC1(OC(=O)OC(C)CC)CC2C3CCC4=CC(=O)CCC4C3CCC2(C)C1.CCC(C)OC(=O)Nc1ccc(OC2CCC3(C)C(CCC4C3CCC3(C)C(C(C)CCCC(C)C)CCC43)C2)cc1.CCC(C)OC(=O)OC1CCC2(C)C(=CCC3C2CCC2(C)C(C(C)C=CC(C)C(C)C)CCC32)C1.CCC(C)OC(=O)OC1CCC2(C)C(CCC3C2CCC2(C)C(C(C)CCCC(C)C)CCC32)C1. The van der Waals surface area contributed by atoms with Gasteiger partial charge < -0.3 is 37.9 Å². The number of nitrogens with one attached hydrogen (secondary N) is 1. The molecule has 14 fully saturated rings. The van der Waals surface area contributed by atoms with Crippen LogP contribution in [0, 0.1) is 198 Å². The Bertz CT molecular complexity index is 4460. The van der Waals surface area contributed by atoms with E-state index in [4.69, 9.17) is 44.3 Å². The molecule has 16 aliphatic carbocycles. The normalized spacial score (nSPS) is 40.3. The molecule has 37 atom stereocenters. The molecule has 0 aromatic heterocycles. The number of ether oxygens (including phenoxy) is 8. The van der Waals surface area contributed by atoms with E-state index >= 15 is 0 Å². The van der Waals surface area contributed by atoms with E-state index in [2.05, 4.69) is 147 Å². The van der Waals surface area contributed by atoms with Crippen LogP contribution in [0.4, 0.5) is 24.9 Å². The summed E-state index contributed by atoms with van der Waals surface area (Å²) in [4.78, 5) is 60.8. The van der Waals surface area contributed by atoms with Crippen molar-refractivity contribution < 1.29 is 61.9 Å². The molecule has 1 aromatic rings. The minimum Gasteiger partial charge on any atom is -0.490 e. The fourth-order valence-corrected chi connectivity index (χ4v) is 36.0. The largest absolute Gasteiger partial charge is 0.510 e. The molecule has 17 rings (SSSR count). The van der Waals surface area contributed by atoms with Crippen LogP contribution >= 0.6 is 0 Å². The van der Waals surface area contributed by atoms with Crippen molar-refractivity contribution in [2.75, 3.05) is 5.32 Å². The van der Waals surface area contributed by atoms with Crippen LogP contribution in [0.15, 0.2) is 59.7 Å². The third-order valence-corrected chi connectivity index (χ3v) is 45.2. The lowest BCUT2D eigenvalue weighted by molar-refractivity contribution is -0.133. The van der Waals surface area contributed by atoms with Crippen molar-refractivity contribution in [3.63, 3.8) is 0 Å². The first kappa shape index (κ1) is 112. The van der Waals surface area contributed by atoms with E-state index in [1.807, 2.05) is 85.7 Å². The zero-order valence-electron chi connectivity index (χ0n) is 94.6. The molecule has 1 aromatic carbocycles. The van der Waals surface area contributed by atoms with Gasteiger partial charge in [-0.1, -0.05) is 219 Å². The van der Waals surface area contributed by atoms with Crippen LogP contribution in [0.5, 0.6) is 5.75 Å². The number of fused-ring (bicyclic) bond motifs is 20. The molecule has 800 valence electrons. The Balaban J connectivity index is 0.000000152. The number of benzene rings is 1. The molecule has 14 saturated carbocycles. The topological polar surface area (TPSA) is 171 Å². The summed E-state index contributed by atoms with van der Waals surface area (Å²) in [6.45, 7) is 58.1. The number of hydrogen-bond acceptors (Lipinski definition) is 13. The molecule has 0 spiro atoms. The number of anilines is 1. The van der Waals surface area contributed by atoms with Crippen molar-refractivity contribution in [3.8, 4) is 18.1 Å².